The lowest BCUT2D eigenvalue weighted by atomic mass is 10.0. The number of likely N-dealkylation sites (tertiary alicyclic amines) is 1. The Kier molecular flexibility index (Phi) is 10.3. The van der Waals surface area contributed by atoms with Crippen molar-refractivity contribution in [2.75, 3.05) is 19.7 Å². The van der Waals surface area contributed by atoms with Gasteiger partial charge in [-0.15, -0.1) is 0 Å². The minimum atomic E-state index is -1.17. The standard InChI is InChI=1S/C28H46N4O4Si/c1-28(2,3)36-27(34)32(25-12-14-30(15-13-25)18-23-10-8-7-9-11-23)20-24-19-31(26(21-33)29-24)22-35-16-17-37(4,5)6/h7-11,19,25,33H,12-18,20-22H2,1-6H3. The molecule has 206 valence electrons. The van der Waals surface area contributed by atoms with Gasteiger partial charge in [-0.25, -0.2) is 9.78 Å². The molecule has 0 bridgehead atoms. The maximum atomic E-state index is 13.3. The summed E-state index contributed by atoms with van der Waals surface area (Å²) in [6.07, 6.45) is 3.32. The van der Waals surface area contributed by atoms with Gasteiger partial charge >= 0.3 is 6.09 Å². The van der Waals surface area contributed by atoms with Crippen LogP contribution < -0.4 is 0 Å². The minimum absolute atomic E-state index is 0.0672. The van der Waals surface area contributed by atoms with Crippen molar-refractivity contribution in [3.8, 4) is 0 Å². The molecule has 1 amide bonds. The fourth-order valence-corrected chi connectivity index (χ4v) is 5.19. The molecule has 0 saturated carbocycles. The first-order valence-electron chi connectivity index (χ1n) is 13.4. The predicted octanol–water partition coefficient (Wildman–Crippen LogP) is 5.09. The summed E-state index contributed by atoms with van der Waals surface area (Å²) >= 11 is 0. The number of aromatic nitrogens is 2. The molecule has 0 spiro atoms. The molecule has 0 aliphatic carbocycles. The zero-order valence-electron chi connectivity index (χ0n) is 23.6. The normalized spacial score (nSPS) is 15.6. The monoisotopic (exact) mass is 530 g/mol. The van der Waals surface area contributed by atoms with E-state index in [1.807, 2.05) is 42.5 Å². The van der Waals surface area contributed by atoms with Gasteiger partial charge in [-0.05, 0) is 45.2 Å². The van der Waals surface area contributed by atoms with Gasteiger partial charge < -0.3 is 19.1 Å². The van der Waals surface area contributed by atoms with E-state index < -0.39 is 13.7 Å². The van der Waals surface area contributed by atoms with Gasteiger partial charge in [-0.3, -0.25) is 9.80 Å². The molecule has 3 rings (SSSR count). The van der Waals surface area contributed by atoms with E-state index in [1.165, 1.54) is 5.56 Å². The van der Waals surface area contributed by atoms with Gasteiger partial charge in [0, 0.05) is 46.6 Å². The Balaban J connectivity index is 1.66. The lowest BCUT2D eigenvalue weighted by Crippen LogP contribution is -2.48. The smallest absolute Gasteiger partial charge is 0.410 e. The Morgan fingerprint density at radius 2 is 1.84 bits per heavy atom. The van der Waals surface area contributed by atoms with Crippen LogP contribution in [-0.2, 0) is 35.9 Å². The van der Waals surface area contributed by atoms with E-state index in [1.54, 1.807) is 0 Å². The summed E-state index contributed by atoms with van der Waals surface area (Å²) in [5, 5.41) is 9.87. The molecule has 1 aromatic heterocycles. The topological polar surface area (TPSA) is 80.1 Å². The lowest BCUT2D eigenvalue weighted by molar-refractivity contribution is 0.00506. The maximum absolute atomic E-state index is 13.3. The highest BCUT2D eigenvalue weighted by atomic mass is 28.3. The van der Waals surface area contributed by atoms with E-state index in [-0.39, 0.29) is 18.7 Å². The zero-order chi connectivity index (χ0) is 27.1. The van der Waals surface area contributed by atoms with Gasteiger partial charge in [0.15, 0.2) is 0 Å². The SMILES string of the molecule is CC(C)(C)OC(=O)N(Cc1cn(COCC[Si](C)(C)C)c(CO)n1)C1CCN(Cc2ccccc2)CC1. The Morgan fingerprint density at radius 3 is 2.43 bits per heavy atom. The number of ether oxygens (including phenoxy) is 2. The van der Waals surface area contributed by atoms with Gasteiger partial charge in [0.1, 0.15) is 24.8 Å². The second-order valence-corrected chi connectivity index (χ2v) is 17.8. The summed E-state index contributed by atoms with van der Waals surface area (Å²) in [5.41, 5.74) is 1.46. The first kappa shape index (κ1) is 29.4. The van der Waals surface area contributed by atoms with E-state index in [4.69, 9.17) is 9.47 Å². The summed E-state index contributed by atoms with van der Waals surface area (Å²) in [6.45, 7) is 16.6. The van der Waals surface area contributed by atoms with Crippen molar-refractivity contribution in [1.82, 2.24) is 19.4 Å². The van der Waals surface area contributed by atoms with Gasteiger partial charge in [-0.1, -0.05) is 50.0 Å². The van der Waals surface area contributed by atoms with Crippen LogP contribution in [0.3, 0.4) is 0 Å². The lowest BCUT2D eigenvalue weighted by Gasteiger charge is -2.38. The maximum Gasteiger partial charge on any atom is 0.410 e. The molecular weight excluding hydrogens is 484 g/mol. The van der Waals surface area contributed by atoms with Crippen molar-refractivity contribution in [3.05, 3.63) is 53.6 Å². The molecule has 1 fully saturated rings. The van der Waals surface area contributed by atoms with Crippen molar-refractivity contribution < 1.29 is 19.4 Å². The summed E-state index contributed by atoms with van der Waals surface area (Å²) in [6, 6.07) is 11.6. The highest BCUT2D eigenvalue weighted by Gasteiger charge is 2.32. The molecule has 1 aliphatic rings. The van der Waals surface area contributed by atoms with Crippen LogP contribution in [0, 0.1) is 0 Å². The van der Waals surface area contributed by atoms with Crippen molar-refractivity contribution in [2.24, 2.45) is 0 Å². The number of carbonyl (C=O) groups is 1. The first-order chi connectivity index (χ1) is 17.4. The number of hydrogen-bond acceptors (Lipinski definition) is 6. The Hall–Kier alpha value is -2.20. The van der Waals surface area contributed by atoms with Crippen LogP contribution >= 0.6 is 0 Å². The van der Waals surface area contributed by atoms with E-state index >= 15 is 0 Å². The van der Waals surface area contributed by atoms with E-state index in [9.17, 15) is 9.90 Å². The van der Waals surface area contributed by atoms with E-state index in [0.29, 0.717) is 25.7 Å². The van der Waals surface area contributed by atoms with Crippen LogP contribution in [0.25, 0.3) is 0 Å². The molecule has 0 atom stereocenters. The zero-order valence-corrected chi connectivity index (χ0v) is 24.6. The average Bonchev–Trinajstić information content (AvgIpc) is 3.21. The highest BCUT2D eigenvalue weighted by molar-refractivity contribution is 6.76. The number of imidazole rings is 1. The molecule has 2 heterocycles. The summed E-state index contributed by atoms with van der Waals surface area (Å²) in [7, 11) is -1.17. The molecule has 1 aliphatic heterocycles. The third kappa shape index (κ3) is 9.88. The molecule has 8 nitrogen and oxygen atoms in total. The van der Waals surface area contributed by atoms with Crippen molar-refractivity contribution in [2.45, 2.75) is 97.4 Å². The molecule has 37 heavy (non-hydrogen) atoms. The largest absolute Gasteiger partial charge is 0.444 e. The quantitative estimate of drug-likeness (QED) is 0.322. The fraction of sp³-hybridized carbons (Fsp3) is 0.643. The Morgan fingerprint density at radius 1 is 1.16 bits per heavy atom. The second kappa shape index (κ2) is 13.0. The van der Waals surface area contributed by atoms with Gasteiger partial charge in [-0.2, -0.15) is 0 Å². The van der Waals surface area contributed by atoms with Gasteiger partial charge in [0.05, 0.1) is 12.2 Å². The number of hydrogen-bond donors (Lipinski definition) is 1. The van der Waals surface area contributed by atoms with Crippen molar-refractivity contribution in [1.29, 1.82) is 0 Å². The molecular formula is C28H46N4O4Si. The van der Waals surface area contributed by atoms with Crippen LogP contribution in [0.15, 0.2) is 36.5 Å². The molecule has 1 saturated heterocycles. The molecule has 9 heteroatoms. The van der Waals surface area contributed by atoms with Crippen LogP contribution in [0.5, 0.6) is 0 Å². The third-order valence-corrected chi connectivity index (χ3v) is 8.19. The minimum Gasteiger partial charge on any atom is -0.444 e. The number of rotatable bonds is 11. The summed E-state index contributed by atoms with van der Waals surface area (Å²) < 4.78 is 13.5. The first-order valence-corrected chi connectivity index (χ1v) is 17.1. The van der Waals surface area contributed by atoms with Crippen molar-refractivity contribution >= 4 is 14.2 Å². The molecule has 1 N–H and O–H groups in total. The second-order valence-electron chi connectivity index (χ2n) is 12.2. The van der Waals surface area contributed by atoms with Crippen molar-refractivity contribution in [3.63, 3.8) is 0 Å². The molecule has 0 unspecified atom stereocenters. The van der Waals surface area contributed by atoms with Crippen LogP contribution in [0.4, 0.5) is 4.79 Å². The van der Waals surface area contributed by atoms with Crippen LogP contribution in [0.2, 0.25) is 25.7 Å². The highest BCUT2D eigenvalue weighted by Crippen LogP contribution is 2.23. The molecule has 1 aromatic carbocycles. The van der Waals surface area contributed by atoms with Gasteiger partial charge in [0.25, 0.3) is 0 Å². The van der Waals surface area contributed by atoms with Crippen LogP contribution in [-0.4, -0.2) is 70.0 Å². The Labute approximate surface area is 223 Å². The van der Waals surface area contributed by atoms with Crippen LogP contribution in [0.1, 0.15) is 50.7 Å². The fourth-order valence-electron chi connectivity index (χ4n) is 4.44. The van der Waals surface area contributed by atoms with E-state index in [2.05, 4.69) is 53.8 Å². The number of benzene rings is 1. The van der Waals surface area contributed by atoms with E-state index in [0.717, 1.165) is 44.2 Å². The number of carbonyl (C=O) groups excluding carboxylic acids is 1. The predicted molar refractivity (Wildman–Crippen MR) is 149 cm³/mol. The number of aliphatic hydroxyl groups excluding tert-OH is 1. The molecule has 0 radical (unpaired) electrons. The number of amides is 1. The number of aliphatic hydroxyl groups is 1. The van der Waals surface area contributed by atoms with Gasteiger partial charge in [0.2, 0.25) is 0 Å². The average molecular weight is 531 g/mol. The number of piperidine rings is 1. The summed E-state index contributed by atoms with van der Waals surface area (Å²) in [4.78, 5) is 22.2. The number of nitrogens with zero attached hydrogens (tertiary/aromatic N) is 4. The summed E-state index contributed by atoms with van der Waals surface area (Å²) in [5.74, 6) is 0.546. The Bertz CT molecular complexity index is 976. The third-order valence-electron chi connectivity index (χ3n) is 6.48. The molecule has 2 aromatic rings.